The first-order valence-electron chi connectivity index (χ1n) is 3.82. The second kappa shape index (κ2) is 4.25. The molecular weight excluding hydrogens is 166 g/mol. The number of hydrogen-bond acceptors (Lipinski definition) is 2. The summed E-state index contributed by atoms with van der Waals surface area (Å²) < 4.78 is 0. The van der Waals surface area contributed by atoms with Gasteiger partial charge >= 0.3 is 6.03 Å². The number of allylic oxidation sites excluding steroid dienone is 1. The topological polar surface area (TPSA) is 54.0 Å². The SMILES string of the molecule is C=C(C)NC(=O)Nc1cccnc1. The van der Waals surface area contributed by atoms with E-state index in [1.807, 2.05) is 0 Å². The summed E-state index contributed by atoms with van der Waals surface area (Å²) in [4.78, 5) is 15.0. The Labute approximate surface area is 76.7 Å². The highest BCUT2D eigenvalue weighted by Gasteiger charge is 1.99. The number of nitrogens with one attached hydrogen (secondary N) is 2. The summed E-state index contributed by atoms with van der Waals surface area (Å²) >= 11 is 0. The van der Waals surface area contributed by atoms with E-state index in [1.165, 1.54) is 0 Å². The number of anilines is 1. The molecule has 2 amide bonds. The van der Waals surface area contributed by atoms with E-state index in [0.29, 0.717) is 11.4 Å². The van der Waals surface area contributed by atoms with Crippen LogP contribution in [-0.2, 0) is 0 Å². The van der Waals surface area contributed by atoms with Gasteiger partial charge in [-0.1, -0.05) is 6.58 Å². The van der Waals surface area contributed by atoms with Crippen LogP contribution in [-0.4, -0.2) is 11.0 Å². The highest BCUT2D eigenvalue weighted by molar-refractivity contribution is 5.89. The number of rotatable bonds is 2. The second-order valence-electron chi connectivity index (χ2n) is 2.60. The van der Waals surface area contributed by atoms with Gasteiger partial charge in [0, 0.05) is 11.9 Å². The van der Waals surface area contributed by atoms with E-state index in [2.05, 4.69) is 22.2 Å². The lowest BCUT2D eigenvalue weighted by atomic mass is 10.4. The lowest BCUT2D eigenvalue weighted by molar-refractivity contribution is 0.254. The third-order valence-electron chi connectivity index (χ3n) is 1.25. The third kappa shape index (κ3) is 3.37. The summed E-state index contributed by atoms with van der Waals surface area (Å²) in [6.45, 7) is 5.26. The molecule has 0 atom stereocenters. The molecule has 68 valence electrons. The standard InChI is InChI=1S/C9H11N3O/c1-7(2)11-9(13)12-8-4-3-5-10-6-8/h3-6H,1H2,2H3,(H2,11,12,13). The maximum absolute atomic E-state index is 11.1. The van der Waals surface area contributed by atoms with Gasteiger partial charge in [-0.15, -0.1) is 0 Å². The summed E-state index contributed by atoms with van der Waals surface area (Å²) in [6, 6.07) is 3.20. The van der Waals surface area contributed by atoms with Crippen molar-refractivity contribution < 1.29 is 4.79 Å². The molecule has 4 nitrogen and oxygen atoms in total. The number of aromatic nitrogens is 1. The number of hydrogen-bond donors (Lipinski definition) is 2. The van der Waals surface area contributed by atoms with Crippen molar-refractivity contribution in [3.05, 3.63) is 36.8 Å². The molecule has 0 unspecified atom stereocenters. The zero-order chi connectivity index (χ0) is 9.68. The van der Waals surface area contributed by atoms with E-state index in [-0.39, 0.29) is 6.03 Å². The normalized spacial score (nSPS) is 9.00. The van der Waals surface area contributed by atoms with Gasteiger partial charge in [-0.25, -0.2) is 4.79 Å². The zero-order valence-electron chi connectivity index (χ0n) is 7.37. The van der Waals surface area contributed by atoms with Crippen molar-refractivity contribution in [2.24, 2.45) is 0 Å². The highest BCUT2D eigenvalue weighted by Crippen LogP contribution is 2.01. The molecule has 0 saturated heterocycles. The van der Waals surface area contributed by atoms with E-state index >= 15 is 0 Å². The maximum atomic E-state index is 11.1. The Bertz CT molecular complexity index is 308. The molecule has 0 aliphatic heterocycles. The first-order chi connectivity index (χ1) is 6.18. The summed E-state index contributed by atoms with van der Waals surface area (Å²) in [5, 5.41) is 5.12. The van der Waals surface area contributed by atoms with Gasteiger partial charge in [0.15, 0.2) is 0 Å². The first-order valence-corrected chi connectivity index (χ1v) is 3.82. The minimum atomic E-state index is -0.305. The maximum Gasteiger partial charge on any atom is 0.323 e. The van der Waals surface area contributed by atoms with Crippen LogP contribution in [0.25, 0.3) is 0 Å². The molecule has 0 saturated carbocycles. The Morgan fingerprint density at radius 2 is 2.38 bits per heavy atom. The minimum Gasteiger partial charge on any atom is -0.312 e. The molecule has 0 bridgehead atoms. The average Bonchev–Trinajstić information content (AvgIpc) is 2.04. The number of pyridine rings is 1. The van der Waals surface area contributed by atoms with E-state index < -0.39 is 0 Å². The minimum absolute atomic E-state index is 0.305. The quantitative estimate of drug-likeness (QED) is 0.722. The van der Waals surface area contributed by atoms with Gasteiger partial charge in [-0.05, 0) is 19.1 Å². The molecule has 0 aliphatic rings. The van der Waals surface area contributed by atoms with E-state index in [4.69, 9.17) is 0 Å². The van der Waals surface area contributed by atoms with Gasteiger partial charge in [0.1, 0.15) is 0 Å². The fourth-order valence-electron chi connectivity index (χ4n) is 0.793. The van der Waals surface area contributed by atoms with E-state index in [1.54, 1.807) is 31.5 Å². The zero-order valence-corrected chi connectivity index (χ0v) is 7.37. The van der Waals surface area contributed by atoms with Crippen LogP contribution in [0, 0.1) is 0 Å². The van der Waals surface area contributed by atoms with Crippen LogP contribution in [0.1, 0.15) is 6.92 Å². The van der Waals surface area contributed by atoms with Gasteiger partial charge in [-0.2, -0.15) is 0 Å². The molecule has 13 heavy (non-hydrogen) atoms. The molecule has 2 N–H and O–H groups in total. The molecular formula is C9H11N3O. The Morgan fingerprint density at radius 1 is 1.62 bits per heavy atom. The van der Waals surface area contributed by atoms with Crippen molar-refractivity contribution in [2.75, 3.05) is 5.32 Å². The van der Waals surface area contributed by atoms with Crippen LogP contribution in [0.5, 0.6) is 0 Å². The van der Waals surface area contributed by atoms with Gasteiger partial charge in [0.05, 0.1) is 11.9 Å². The van der Waals surface area contributed by atoms with Gasteiger partial charge in [0.2, 0.25) is 0 Å². The van der Waals surface area contributed by atoms with Crippen molar-refractivity contribution in [2.45, 2.75) is 6.92 Å². The van der Waals surface area contributed by atoms with Crippen LogP contribution in [0.4, 0.5) is 10.5 Å². The Hall–Kier alpha value is -1.84. The Morgan fingerprint density at radius 3 is 2.92 bits per heavy atom. The molecule has 0 spiro atoms. The number of urea groups is 1. The van der Waals surface area contributed by atoms with Crippen LogP contribution in [0.15, 0.2) is 36.8 Å². The number of nitrogens with zero attached hydrogens (tertiary/aromatic N) is 1. The highest BCUT2D eigenvalue weighted by atomic mass is 16.2. The van der Waals surface area contributed by atoms with Gasteiger partial charge in [-0.3, -0.25) is 4.98 Å². The lowest BCUT2D eigenvalue weighted by Gasteiger charge is -2.05. The summed E-state index contributed by atoms with van der Waals surface area (Å²) in [6.07, 6.45) is 3.21. The summed E-state index contributed by atoms with van der Waals surface area (Å²) in [5.41, 5.74) is 1.25. The largest absolute Gasteiger partial charge is 0.323 e. The van der Waals surface area contributed by atoms with Crippen molar-refractivity contribution in [1.82, 2.24) is 10.3 Å². The smallest absolute Gasteiger partial charge is 0.312 e. The van der Waals surface area contributed by atoms with Crippen molar-refractivity contribution in [3.63, 3.8) is 0 Å². The summed E-state index contributed by atoms with van der Waals surface area (Å²) in [5.74, 6) is 0. The number of carbonyl (C=O) groups is 1. The first kappa shape index (κ1) is 9.25. The fraction of sp³-hybridized carbons (Fsp3) is 0.111. The average molecular weight is 177 g/mol. The second-order valence-corrected chi connectivity index (χ2v) is 2.60. The van der Waals surface area contributed by atoms with Crippen LogP contribution in [0.3, 0.4) is 0 Å². The van der Waals surface area contributed by atoms with E-state index in [9.17, 15) is 4.79 Å². The molecule has 0 aromatic carbocycles. The van der Waals surface area contributed by atoms with E-state index in [0.717, 1.165) is 0 Å². The summed E-state index contributed by atoms with van der Waals surface area (Å²) in [7, 11) is 0. The van der Waals surface area contributed by atoms with Crippen LogP contribution in [0.2, 0.25) is 0 Å². The molecule has 1 rings (SSSR count). The van der Waals surface area contributed by atoms with Crippen molar-refractivity contribution in [1.29, 1.82) is 0 Å². The van der Waals surface area contributed by atoms with Crippen molar-refractivity contribution in [3.8, 4) is 0 Å². The molecule has 1 heterocycles. The Kier molecular flexibility index (Phi) is 3.03. The third-order valence-corrected chi connectivity index (χ3v) is 1.25. The fourth-order valence-corrected chi connectivity index (χ4v) is 0.793. The molecule has 0 fully saturated rings. The van der Waals surface area contributed by atoms with Crippen LogP contribution < -0.4 is 10.6 Å². The van der Waals surface area contributed by atoms with Gasteiger partial charge < -0.3 is 10.6 Å². The van der Waals surface area contributed by atoms with Crippen molar-refractivity contribution >= 4 is 11.7 Å². The Balaban J connectivity index is 2.50. The monoisotopic (exact) mass is 177 g/mol. The number of amides is 2. The molecule has 1 aromatic rings. The molecule has 0 aliphatic carbocycles. The molecule has 0 radical (unpaired) electrons. The predicted molar refractivity (Wildman–Crippen MR) is 51.2 cm³/mol. The van der Waals surface area contributed by atoms with Gasteiger partial charge in [0.25, 0.3) is 0 Å². The van der Waals surface area contributed by atoms with Crippen LogP contribution >= 0.6 is 0 Å². The molecule has 4 heteroatoms. The predicted octanol–water partition coefficient (Wildman–Crippen LogP) is 1.74. The lowest BCUT2D eigenvalue weighted by Crippen LogP contribution is -2.26. The molecule has 1 aromatic heterocycles. The number of carbonyl (C=O) groups excluding carboxylic acids is 1.